The van der Waals surface area contributed by atoms with E-state index in [-0.39, 0.29) is 11.3 Å². The minimum absolute atomic E-state index is 0.0111. The molecule has 9 nitrogen and oxygen atoms in total. The number of benzene rings is 2. The molecule has 5 fully saturated rings. The Hall–Kier alpha value is -3.87. The van der Waals surface area contributed by atoms with Gasteiger partial charge in [0.1, 0.15) is 6.07 Å². The Kier molecular flexibility index (Phi) is 6.74. The molecule has 1 aromatic heterocycles. The molecule has 0 atom stereocenters. The van der Waals surface area contributed by atoms with Crippen molar-refractivity contribution in [3.8, 4) is 17.2 Å². The summed E-state index contributed by atoms with van der Waals surface area (Å²) in [6, 6.07) is 12.0. The Morgan fingerprint density at radius 3 is 2.58 bits per heavy atom. The van der Waals surface area contributed by atoms with E-state index in [4.69, 9.17) is 0 Å². The highest BCUT2D eigenvalue weighted by Gasteiger charge is 2.51. The van der Waals surface area contributed by atoms with Crippen molar-refractivity contribution in [3.63, 3.8) is 0 Å². The molecular formula is C36H44N8O. The Balaban J connectivity index is 1.12. The number of aromatic nitrogens is 2. The molecule has 5 heterocycles. The fourth-order valence-corrected chi connectivity index (χ4v) is 8.87. The number of amides is 1. The summed E-state index contributed by atoms with van der Waals surface area (Å²) >= 11 is 0. The molecule has 4 saturated heterocycles. The molecule has 45 heavy (non-hydrogen) atoms. The Morgan fingerprint density at radius 2 is 1.84 bits per heavy atom. The number of piperidine rings is 1. The number of rotatable bonds is 5. The van der Waals surface area contributed by atoms with Gasteiger partial charge in [-0.15, -0.1) is 0 Å². The lowest BCUT2D eigenvalue weighted by Gasteiger charge is -2.47. The number of anilines is 2. The number of H-pyrrole nitrogens is 1. The third-order valence-electron chi connectivity index (χ3n) is 11.8. The highest BCUT2D eigenvalue weighted by molar-refractivity contribution is 5.99. The van der Waals surface area contributed by atoms with Gasteiger partial charge in [0.15, 0.2) is 0 Å². The maximum atomic E-state index is 12.2. The quantitative estimate of drug-likeness (QED) is 0.433. The number of aromatic amines is 1. The first kappa shape index (κ1) is 28.6. The van der Waals surface area contributed by atoms with Crippen LogP contribution in [0.5, 0.6) is 0 Å². The zero-order valence-corrected chi connectivity index (χ0v) is 26.7. The average molecular weight is 605 g/mol. The van der Waals surface area contributed by atoms with Crippen LogP contribution in [0, 0.1) is 23.7 Å². The van der Waals surface area contributed by atoms with Gasteiger partial charge in [-0.3, -0.25) is 19.7 Å². The number of likely N-dealkylation sites (N-methyl/N-ethyl adjacent to an activating group) is 1. The van der Waals surface area contributed by atoms with Crippen molar-refractivity contribution in [1.82, 2.24) is 24.9 Å². The number of aryl methyl sites for hydroxylation is 1. The number of likely N-dealkylation sites (tertiary alicyclic amines) is 1. The van der Waals surface area contributed by atoms with E-state index in [1.165, 1.54) is 57.1 Å². The minimum atomic E-state index is 0.0111. The molecule has 4 aliphatic heterocycles. The van der Waals surface area contributed by atoms with Crippen molar-refractivity contribution < 1.29 is 4.79 Å². The second-order valence-electron chi connectivity index (χ2n) is 14.5. The van der Waals surface area contributed by atoms with Crippen molar-refractivity contribution in [2.45, 2.75) is 50.6 Å². The molecule has 1 N–H and O–H groups in total. The largest absolute Gasteiger partial charge is 0.371 e. The van der Waals surface area contributed by atoms with Crippen molar-refractivity contribution in [3.05, 3.63) is 54.2 Å². The van der Waals surface area contributed by atoms with Crippen LogP contribution in [0.1, 0.15) is 43.2 Å². The van der Waals surface area contributed by atoms with Crippen molar-refractivity contribution in [1.29, 1.82) is 5.26 Å². The molecule has 234 valence electrons. The lowest BCUT2D eigenvalue weighted by molar-refractivity contribution is -0.136. The predicted octanol–water partition coefficient (Wildman–Crippen LogP) is 4.38. The van der Waals surface area contributed by atoms with Gasteiger partial charge in [0.25, 0.3) is 0 Å². The molecular weight excluding hydrogens is 560 g/mol. The molecule has 9 heteroatoms. The molecule has 0 radical (unpaired) electrons. The Labute approximate surface area is 266 Å². The molecule has 2 spiro atoms. The van der Waals surface area contributed by atoms with Crippen LogP contribution in [-0.4, -0.2) is 108 Å². The molecule has 5 aliphatic rings. The molecule has 8 rings (SSSR count). The molecule has 0 bridgehead atoms. The number of carbonyl (C=O) groups excluding carboxylic acids is 1. The molecule has 1 amide bonds. The molecule has 0 unspecified atom stereocenters. The first-order chi connectivity index (χ1) is 21.8. The number of fused-ring (bicyclic) bond motifs is 1. The van der Waals surface area contributed by atoms with Crippen LogP contribution in [0.2, 0.25) is 0 Å². The Bertz CT molecular complexity index is 1700. The van der Waals surface area contributed by atoms with Gasteiger partial charge in [-0.25, -0.2) is 0 Å². The third-order valence-corrected chi connectivity index (χ3v) is 11.8. The zero-order valence-electron chi connectivity index (χ0n) is 26.7. The van der Waals surface area contributed by atoms with Gasteiger partial charge in [0, 0.05) is 92.5 Å². The van der Waals surface area contributed by atoms with Gasteiger partial charge in [-0.2, -0.15) is 10.4 Å². The van der Waals surface area contributed by atoms with Crippen molar-refractivity contribution >= 4 is 28.2 Å². The second-order valence-corrected chi connectivity index (χ2v) is 14.5. The number of carbonyl (C=O) groups is 1. The summed E-state index contributed by atoms with van der Waals surface area (Å²) in [6.07, 6.45) is 9.36. The highest BCUT2D eigenvalue weighted by Crippen LogP contribution is 2.47. The SMILES string of the molecule is C=CC(=O)N1CC2(CCN(c3cc(N4CCC(N5CCN(C)C6(CC6)C5)CC4)cc(-c4c(C)ccc5[nH]ncc45)c3C#N)C2)C1. The van der Waals surface area contributed by atoms with E-state index < -0.39 is 0 Å². The first-order valence-corrected chi connectivity index (χ1v) is 16.7. The monoisotopic (exact) mass is 604 g/mol. The van der Waals surface area contributed by atoms with Crippen LogP contribution >= 0.6 is 0 Å². The predicted molar refractivity (Wildman–Crippen MR) is 178 cm³/mol. The number of nitrogens with zero attached hydrogens (tertiary/aromatic N) is 7. The number of hydrogen-bond acceptors (Lipinski definition) is 7. The lowest BCUT2D eigenvalue weighted by atomic mass is 9.79. The van der Waals surface area contributed by atoms with Gasteiger partial charge < -0.3 is 14.7 Å². The fourth-order valence-electron chi connectivity index (χ4n) is 8.87. The first-order valence-electron chi connectivity index (χ1n) is 16.7. The van der Waals surface area contributed by atoms with E-state index in [9.17, 15) is 10.1 Å². The summed E-state index contributed by atoms with van der Waals surface area (Å²) in [7, 11) is 2.31. The van der Waals surface area contributed by atoms with Gasteiger partial charge in [-0.1, -0.05) is 12.6 Å². The van der Waals surface area contributed by atoms with E-state index in [2.05, 4.69) is 80.7 Å². The molecule has 1 saturated carbocycles. The van der Waals surface area contributed by atoms with Gasteiger partial charge in [0.05, 0.1) is 23.0 Å². The summed E-state index contributed by atoms with van der Waals surface area (Å²) in [5.41, 5.74) is 7.68. The lowest BCUT2D eigenvalue weighted by Crippen LogP contribution is -2.59. The van der Waals surface area contributed by atoms with Gasteiger partial charge in [-0.05, 0) is 81.5 Å². The molecule has 1 aliphatic carbocycles. The highest BCUT2D eigenvalue weighted by atomic mass is 16.2. The fraction of sp³-hybridized carbons (Fsp3) is 0.528. The smallest absolute Gasteiger partial charge is 0.245 e. The van der Waals surface area contributed by atoms with Gasteiger partial charge in [0.2, 0.25) is 5.91 Å². The summed E-state index contributed by atoms with van der Waals surface area (Å²) in [4.78, 5) is 24.5. The van der Waals surface area contributed by atoms with Crippen LogP contribution in [0.15, 0.2) is 43.1 Å². The zero-order chi connectivity index (χ0) is 30.9. The van der Waals surface area contributed by atoms with Crippen LogP contribution in [0.25, 0.3) is 22.0 Å². The van der Waals surface area contributed by atoms with Crippen molar-refractivity contribution in [2.75, 3.05) is 75.8 Å². The Morgan fingerprint density at radius 1 is 1.04 bits per heavy atom. The van der Waals surface area contributed by atoms with Crippen LogP contribution in [0.4, 0.5) is 11.4 Å². The summed E-state index contributed by atoms with van der Waals surface area (Å²) in [5.74, 6) is 0.0111. The second kappa shape index (κ2) is 10.6. The van der Waals surface area contributed by atoms with Crippen molar-refractivity contribution in [2.24, 2.45) is 5.41 Å². The van der Waals surface area contributed by atoms with E-state index in [0.29, 0.717) is 11.6 Å². The molecule has 2 aromatic carbocycles. The maximum Gasteiger partial charge on any atom is 0.245 e. The normalized spacial score (nSPS) is 23.1. The van der Waals surface area contributed by atoms with E-state index in [1.807, 2.05) is 11.1 Å². The maximum absolute atomic E-state index is 12.2. The van der Waals surface area contributed by atoms with Crippen LogP contribution < -0.4 is 9.80 Å². The minimum Gasteiger partial charge on any atom is -0.371 e. The molecule has 3 aromatic rings. The average Bonchev–Trinajstić information content (AvgIpc) is 3.43. The summed E-state index contributed by atoms with van der Waals surface area (Å²) in [5, 5.41) is 19.3. The number of nitriles is 1. The number of hydrogen-bond donors (Lipinski definition) is 1. The van der Waals surface area contributed by atoms with E-state index >= 15 is 0 Å². The van der Waals surface area contributed by atoms with E-state index in [1.54, 1.807) is 0 Å². The van der Waals surface area contributed by atoms with E-state index in [0.717, 1.165) is 84.5 Å². The number of nitrogens with one attached hydrogen (secondary N) is 1. The summed E-state index contributed by atoms with van der Waals surface area (Å²) in [6.45, 7) is 14.7. The topological polar surface area (TPSA) is 85.7 Å². The number of piperazine rings is 1. The third kappa shape index (κ3) is 4.72. The van der Waals surface area contributed by atoms with Crippen LogP contribution in [0.3, 0.4) is 0 Å². The van der Waals surface area contributed by atoms with Gasteiger partial charge >= 0.3 is 0 Å². The van der Waals surface area contributed by atoms with Crippen LogP contribution in [-0.2, 0) is 4.79 Å². The summed E-state index contributed by atoms with van der Waals surface area (Å²) < 4.78 is 0. The standard InChI is InChI=1S/C36H44N8O/c1-4-33(45)44-22-35(23-44)11-14-43(21-35)32-18-27(17-28(29(32)19-37)34-25(2)5-6-31-30(34)20-38-39-31)41-12-7-26(8-13-41)42-16-15-40(3)36(24-42)9-10-36/h4-6,17-18,20,26H,1,7-16,21-24H2,2-3H3,(H,38,39).